The predicted octanol–water partition coefficient (Wildman–Crippen LogP) is -1.07. The van der Waals surface area contributed by atoms with Crippen molar-refractivity contribution in [2.24, 2.45) is 0 Å². The smallest absolute Gasteiger partial charge is 0.322 e. The number of rotatable bonds is 2. The number of esters is 1. The predicted molar refractivity (Wildman–Crippen MR) is 47.1 cm³/mol. The van der Waals surface area contributed by atoms with E-state index in [9.17, 15) is 13.2 Å². The molecule has 6 heteroatoms. The van der Waals surface area contributed by atoms with Crippen LogP contribution >= 0.6 is 0 Å². The van der Waals surface area contributed by atoms with Crippen molar-refractivity contribution < 1.29 is 17.9 Å². The van der Waals surface area contributed by atoms with Gasteiger partial charge < -0.3 is 10.1 Å². The Morgan fingerprint density at radius 2 is 2.15 bits per heavy atom. The third kappa shape index (κ3) is 2.41. The number of hydrogen-bond donors (Lipinski definition) is 1. The first-order valence-electron chi connectivity index (χ1n) is 3.95. The van der Waals surface area contributed by atoms with E-state index < -0.39 is 27.1 Å². The highest BCUT2D eigenvalue weighted by Gasteiger charge is 2.35. The van der Waals surface area contributed by atoms with Gasteiger partial charge in [-0.25, -0.2) is 8.42 Å². The number of carbonyl (C=O) groups excluding carboxylic acids is 1. The van der Waals surface area contributed by atoms with E-state index in [0.717, 1.165) is 0 Å². The van der Waals surface area contributed by atoms with Gasteiger partial charge in [-0.3, -0.25) is 4.79 Å². The summed E-state index contributed by atoms with van der Waals surface area (Å²) in [5, 5.41) is 2.35. The molecule has 0 aromatic heterocycles. The molecule has 5 nitrogen and oxygen atoms in total. The summed E-state index contributed by atoms with van der Waals surface area (Å²) in [6.07, 6.45) is 1.49. The molecular weight excluding hydrogens is 194 g/mol. The van der Waals surface area contributed by atoms with Crippen molar-refractivity contribution in [1.29, 1.82) is 0 Å². The highest BCUT2D eigenvalue weighted by Crippen LogP contribution is 2.14. The van der Waals surface area contributed by atoms with Gasteiger partial charge in [0.15, 0.2) is 9.84 Å². The minimum Gasteiger partial charge on any atom is -0.468 e. The Morgan fingerprint density at radius 3 is 2.54 bits per heavy atom. The van der Waals surface area contributed by atoms with E-state index in [0.29, 0.717) is 13.0 Å². The van der Waals surface area contributed by atoms with Crippen molar-refractivity contribution in [3.63, 3.8) is 0 Å². The van der Waals surface area contributed by atoms with Gasteiger partial charge in [-0.05, 0) is 6.42 Å². The van der Waals surface area contributed by atoms with Crippen molar-refractivity contribution in [3.05, 3.63) is 0 Å². The van der Waals surface area contributed by atoms with Gasteiger partial charge in [-0.2, -0.15) is 0 Å². The summed E-state index contributed by atoms with van der Waals surface area (Å²) in [6, 6.07) is -0.468. The fourth-order valence-electron chi connectivity index (χ4n) is 1.35. The summed E-state index contributed by atoms with van der Waals surface area (Å²) >= 11 is 0. The Labute approximate surface area is 77.4 Å². The zero-order valence-electron chi connectivity index (χ0n) is 7.61. The lowest BCUT2D eigenvalue weighted by atomic mass is 10.2. The molecule has 1 aliphatic rings. The molecule has 1 saturated heterocycles. The van der Waals surface area contributed by atoms with E-state index in [2.05, 4.69) is 10.1 Å². The standard InChI is InChI=1S/C7H13NO4S/c1-12-7(9)6-3-5(4-8-6)13(2,10)11/h5-6,8H,3-4H2,1-2H3/t5?,6-/m0/s1. The molecule has 1 rings (SSSR count). The normalized spacial score (nSPS) is 28.8. The molecule has 1 fully saturated rings. The van der Waals surface area contributed by atoms with Crippen molar-refractivity contribution in [2.45, 2.75) is 17.7 Å². The molecular formula is C7H13NO4S. The first-order valence-corrected chi connectivity index (χ1v) is 5.90. The van der Waals surface area contributed by atoms with Crippen LogP contribution < -0.4 is 5.32 Å². The molecule has 76 valence electrons. The second-order valence-corrected chi connectivity index (χ2v) is 5.50. The highest BCUT2D eigenvalue weighted by molar-refractivity contribution is 7.91. The van der Waals surface area contributed by atoms with Crippen molar-refractivity contribution in [1.82, 2.24) is 5.32 Å². The van der Waals surface area contributed by atoms with Gasteiger partial charge in [0.2, 0.25) is 0 Å². The molecule has 0 spiro atoms. The summed E-state index contributed by atoms with van der Waals surface area (Å²) in [5.41, 5.74) is 0. The largest absolute Gasteiger partial charge is 0.468 e. The number of hydrogen-bond acceptors (Lipinski definition) is 5. The maximum Gasteiger partial charge on any atom is 0.322 e. The van der Waals surface area contributed by atoms with Crippen LogP contribution in [-0.4, -0.2) is 45.6 Å². The summed E-state index contributed by atoms with van der Waals surface area (Å²) in [4.78, 5) is 11.0. The third-order valence-corrected chi connectivity index (χ3v) is 3.75. The Hall–Kier alpha value is -0.620. The van der Waals surface area contributed by atoms with Crippen molar-refractivity contribution in [2.75, 3.05) is 19.9 Å². The Morgan fingerprint density at radius 1 is 1.54 bits per heavy atom. The Kier molecular flexibility index (Phi) is 2.92. The molecule has 0 aromatic carbocycles. The van der Waals surface area contributed by atoms with Gasteiger partial charge >= 0.3 is 5.97 Å². The molecule has 0 amide bonds. The molecule has 1 heterocycles. The maximum atomic E-state index is 11.1. The maximum absolute atomic E-state index is 11.1. The summed E-state index contributed by atoms with van der Waals surface area (Å²) in [5.74, 6) is -0.397. The summed E-state index contributed by atoms with van der Waals surface area (Å²) in [7, 11) is -1.76. The van der Waals surface area contributed by atoms with Crippen molar-refractivity contribution >= 4 is 15.8 Å². The zero-order valence-corrected chi connectivity index (χ0v) is 8.43. The van der Waals surface area contributed by atoms with E-state index in [-0.39, 0.29) is 0 Å². The molecule has 0 bridgehead atoms. The van der Waals surface area contributed by atoms with Crippen LogP contribution in [0.25, 0.3) is 0 Å². The average Bonchev–Trinajstić information content (AvgIpc) is 2.50. The lowest BCUT2D eigenvalue weighted by Crippen LogP contribution is -2.31. The minimum atomic E-state index is -3.05. The summed E-state index contributed by atoms with van der Waals surface area (Å²) < 4.78 is 26.7. The van der Waals surface area contributed by atoms with Crippen LogP contribution in [-0.2, 0) is 19.4 Å². The number of methoxy groups -OCH3 is 1. The zero-order chi connectivity index (χ0) is 10.1. The van der Waals surface area contributed by atoms with Crippen LogP contribution in [0.4, 0.5) is 0 Å². The van der Waals surface area contributed by atoms with Crippen LogP contribution in [0.15, 0.2) is 0 Å². The quantitative estimate of drug-likeness (QED) is 0.584. The Balaban J connectivity index is 2.60. The van der Waals surface area contributed by atoms with E-state index in [1.807, 2.05) is 0 Å². The molecule has 2 atom stereocenters. The second-order valence-electron chi connectivity index (χ2n) is 3.17. The molecule has 1 N–H and O–H groups in total. The van der Waals surface area contributed by atoms with Gasteiger partial charge in [0.05, 0.1) is 12.4 Å². The molecule has 13 heavy (non-hydrogen) atoms. The van der Waals surface area contributed by atoms with Crippen LogP contribution in [0.1, 0.15) is 6.42 Å². The van der Waals surface area contributed by atoms with E-state index >= 15 is 0 Å². The fourth-order valence-corrected chi connectivity index (χ4v) is 2.29. The van der Waals surface area contributed by atoms with E-state index in [4.69, 9.17) is 0 Å². The fraction of sp³-hybridized carbons (Fsp3) is 0.857. The summed E-state index contributed by atoms with van der Waals surface area (Å²) in [6.45, 7) is 0.332. The van der Waals surface area contributed by atoms with Crippen molar-refractivity contribution in [3.8, 4) is 0 Å². The topological polar surface area (TPSA) is 72.5 Å². The molecule has 0 saturated carbocycles. The number of nitrogens with one attached hydrogen (secondary N) is 1. The van der Waals surface area contributed by atoms with Gasteiger partial charge in [0, 0.05) is 12.8 Å². The van der Waals surface area contributed by atoms with Gasteiger partial charge in [0.25, 0.3) is 0 Å². The van der Waals surface area contributed by atoms with Crippen LogP contribution in [0.5, 0.6) is 0 Å². The highest BCUT2D eigenvalue weighted by atomic mass is 32.2. The van der Waals surface area contributed by atoms with Gasteiger partial charge in [0.1, 0.15) is 6.04 Å². The van der Waals surface area contributed by atoms with E-state index in [1.165, 1.54) is 13.4 Å². The van der Waals surface area contributed by atoms with Crippen LogP contribution in [0.2, 0.25) is 0 Å². The number of ether oxygens (including phenoxy) is 1. The number of carbonyl (C=O) groups is 1. The van der Waals surface area contributed by atoms with Gasteiger partial charge in [-0.1, -0.05) is 0 Å². The first-order chi connectivity index (χ1) is 5.95. The van der Waals surface area contributed by atoms with E-state index in [1.54, 1.807) is 0 Å². The molecule has 1 unspecified atom stereocenters. The monoisotopic (exact) mass is 207 g/mol. The average molecular weight is 207 g/mol. The Bertz CT molecular complexity index is 298. The number of sulfone groups is 1. The lowest BCUT2D eigenvalue weighted by molar-refractivity contribution is -0.142. The van der Waals surface area contributed by atoms with Gasteiger partial charge in [-0.15, -0.1) is 0 Å². The van der Waals surface area contributed by atoms with Crippen LogP contribution in [0, 0.1) is 0 Å². The molecule has 0 aromatic rings. The third-order valence-electron chi connectivity index (χ3n) is 2.18. The molecule has 1 aliphatic heterocycles. The SMILES string of the molecule is COC(=O)[C@@H]1CC(S(C)(=O)=O)CN1. The molecule has 0 aliphatic carbocycles. The minimum absolute atomic E-state index is 0.311. The molecule has 0 radical (unpaired) electrons. The van der Waals surface area contributed by atoms with Crippen LogP contribution in [0.3, 0.4) is 0 Å². The second kappa shape index (κ2) is 3.63. The first kappa shape index (κ1) is 10.5. The lowest BCUT2D eigenvalue weighted by Gasteiger charge is -2.06.